The van der Waals surface area contributed by atoms with Gasteiger partial charge < -0.3 is 10.4 Å². The molecule has 2 rings (SSSR count). The number of aryl methyl sites for hydroxylation is 1. The molecule has 0 aromatic heterocycles. The van der Waals surface area contributed by atoms with Crippen LogP contribution in [0.5, 0.6) is 0 Å². The molecule has 0 fully saturated rings. The Labute approximate surface area is 150 Å². The Hall–Kier alpha value is -2.55. The second-order valence-corrected chi connectivity index (χ2v) is 5.95. The zero-order valence-corrected chi connectivity index (χ0v) is 13.9. The van der Waals surface area contributed by atoms with Crippen LogP contribution in [0.15, 0.2) is 54.6 Å². The number of hydrogen-bond acceptors (Lipinski definition) is 2. The minimum atomic E-state index is -5.42. The molecule has 3 nitrogen and oxygen atoms in total. The van der Waals surface area contributed by atoms with Crippen molar-refractivity contribution in [1.29, 1.82) is 0 Å². The lowest BCUT2D eigenvalue weighted by molar-refractivity contribution is -0.279. The molecule has 0 bridgehead atoms. The van der Waals surface area contributed by atoms with E-state index in [9.17, 15) is 36.2 Å². The van der Waals surface area contributed by atoms with Crippen molar-refractivity contribution in [3.8, 4) is 0 Å². The van der Waals surface area contributed by atoms with Gasteiger partial charge in [-0.1, -0.05) is 60.2 Å². The number of nitrogens with one attached hydrogen (secondary N) is 1. The molecule has 0 aliphatic carbocycles. The molecule has 0 heterocycles. The van der Waals surface area contributed by atoms with Crippen molar-refractivity contribution >= 4 is 5.91 Å². The lowest BCUT2D eigenvalue weighted by Crippen LogP contribution is -2.55. The summed E-state index contributed by atoms with van der Waals surface area (Å²) in [5.74, 6) is -2.59. The molecule has 0 radical (unpaired) electrons. The Kier molecular flexibility index (Phi) is 5.55. The largest absolute Gasteiger partial charge is 0.471 e. The maximum absolute atomic E-state index is 13.9. The minimum Gasteiger partial charge on any atom is -0.374 e. The van der Waals surface area contributed by atoms with E-state index in [0.717, 1.165) is 24.3 Å². The van der Waals surface area contributed by atoms with Crippen molar-refractivity contribution < 1.29 is 36.2 Å². The van der Waals surface area contributed by atoms with Crippen LogP contribution in [0.2, 0.25) is 0 Å². The highest BCUT2D eigenvalue weighted by Crippen LogP contribution is 2.47. The van der Waals surface area contributed by atoms with Crippen molar-refractivity contribution in [2.45, 2.75) is 30.9 Å². The molecule has 146 valence electrons. The molecule has 9 heteroatoms. The van der Waals surface area contributed by atoms with E-state index in [4.69, 9.17) is 0 Å². The van der Waals surface area contributed by atoms with Gasteiger partial charge in [0.2, 0.25) is 5.60 Å². The van der Waals surface area contributed by atoms with Crippen LogP contribution in [-0.2, 0) is 10.4 Å². The third-order valence-corrected chi connectivity index (χ3v) is 4.01. The zero-order chi connectivity index (χ0) is 20.5. The van der Waals surface area contributed by atoms with E-state index >= 15 is 0 Å². The van der Waals surface area contributed by atoms with Gasteiger partial charge in [-0.2, -0.15) is 26.3 Å². The Morgan fingerprint density at radius 1 is 0.926 bits per heavy atom. The fourth-order valence-electron chi connectivity index (χ4n) is 2.59. The summed E-state index contributed by atoms with van der Waals surface area (Å²) in [6.45, 7) is 1.63. The Balaban J connectivity index is 2.67. The second kappa shape index (κ2) is 7.22. The number of benzene rings is 2. The average Bonchev–Trinajstić information content (AvgIpc) is 2.58. The van der Waals surface area contributed by atoms with E-state index in [0.29, 0.717) is 5.56 Å². The monoisotopic (exact) mass is 391 g/mol. The van der Waals surface area contributed by atoms with Gasteiger partial charge in [-0.3, -0.25) is 4.79 Å². The van der Waals surface area contributed by atoms with Crippen molar-refractivity contribution in [2.24, 2.45) is 0 Å². The van der Waals surface area contributed by atoms with Gasteiger partial charge in [0, 0.05) is 0 Å². The number of halogens is 6. The van der Waals surface area contributed by atoms with Gasteiger partial charge in [0.15, 0.2) is 0 Å². The summed E-state index contributed by atoms with van der Waals surface area (Å²) in [7, 11) is 0. The summed E-state index contributed by atoms with van der Waals surface area (Å²) in [6.07, 6.45) is -10.8. The van der Waals surface area contributed by atoms with E-state index in [-0.39, 0.29) is 5.56 Å². The van der Waals surface area contributed by atoms with Crippen molar-refractivity contribution in [1.82, 2.24) is 5.32 Å². The number of rotatable bonds is 4. The maximum atomic E-state index is 13.9. The average molecular weight is 391 g/mol. The highest BCUT2D eigenvalue weighted by atomic mass is 19.4. The quantitative estimate of drug-likeness (QED) is 0.769. The van der Waals surface area contributed by atoms with Gasteiger partial charge in [0.05, 0.1) is 6.04 Å². The Bertz CT molecular complexity index is 786. The summed E-state index contributed by atoms with van der Waals surface area (Å²) in [6, 6.07) is 8.18. The number of alkyl halides is 6. The molecular formula is C18H15F6NO2. The highest BCUT2D eigenvalue weighted by molar-refractivity contribution is 5.82. The highest BCUT2D eigenvalue weighted by Gasteiger charge is 2.61. The van der Waals surface area contributed by atoms with E-state index < -0.39 is 35.5 Å². The van der Waals surface area contributed by atoms with E-state index in [1.54, 1.807) is 6.92 Å². The van der Waals surface area contributed by atoms with Crippen LogP contribution in [0, 0.1) is 6.92 Å². The standard InChI is InChI=1S/C18H15F6NO2/c1-11-7-9-12(10-8-11)14(25-15(26)17(19,20)21)16(27,18(22,23)24)13-5-3-2-4-6-13/h2-10,14,27H,1H3,(H,25,26)/t14-,16+/m0/s1. The topological polar surface area (TPSA) is 49.3 Å². The maximum Gasteiger partial charge on any atom is 0.471 e. The molecule has 0 unspecified atom stereocenters. The molecule has 2 aromatic rings. The molecule has 2 aromatic carbocycles. The Morgan fingerprint density at radius 2 is 1.44 bits per heavy atom. The summed E-state index contributed by atoms with van der Waals surface area (Å²) < 4.78 is 79.7. The van der Waals surface area contributed by atoms with Crippen LogP contribution in [-0.4, -0.2) is 23.4 Å². The van der Waals surface area contributed by atoms with Crippen LogP contribution >= 0.6 is 0 Å². The minimum absolute atomic E-state index is 0.332. The van der Waals surface area contributed by atoms with E-state index in [2.05, 4.69) is 0 Å². The number of carbonyl (C=O) groups excluding carboxylic acids is 1. The molecule has 0 aliphatic rings. The normalized spacial score (nSPS) is 15.7. The summed E-state index contributed by atoms with van der Waals surface area (Å²) in [5, 5.41) is 11.9. The molecule has 27 heavy (non-hydrogen) atoms. The van der Waals surface area contributed by atoms with Crippen molar-refractivity contribution in [2.75, 3.05) is 0 Å². The number of aliphatic hydroxyl groups is 1. The van der Waals surface area contributed by atoms with Crippen LogP contribution in [0.1, 0.15) is 22.7 Å². The van der Waals surface area contributed by atoms with Crippen LogP contribution in [0.3, 0.4) is 0 Å². The summed E-state index contributed by atoms with van der Waals surface area (Å²) in [4.78, 5) is 11.4. The van der Waals surface area contributed by atoms with Crippen LogP contribution < -0.4 is 5.32 Å². The predicted molar refractivity (Wildman–Crippen MR) is 84.5 cm³/mol. The number of amides is 1. The van der Waals surface area contributed by atoms with Gasteiger partial charge in [0.1, 0.15) is 0 Å². The van der Waals surface area contributed by atoms with E-state index in [1.807, 2.05) is 0 Å². The van der Waals surface area contributed by atoms with Crippen LogP contribution in [0.4, 0.5) is 26.3 Å². The fraction of sp³-hybridized carbons (Fsp3) is 0.278. The molecule has 1 amide bonds. The van der Waals surface area contributed by atoms with Crippen molar-refractivity contribution in [3.05, 3.63) is 71.3 Å². The number of hydrogen-bond donors (Lipinski definition) is 2. The van der Waals surface area contributed by atoms with Crippen molar-refractivity contribution in [3.63, 3.8) is 0 Å². The lowest BCUT2D eigenvalue weighted by Gasteiger charge is -2.38. The zero-order valence-electron chi connectivity index (χ0n) is 13.9. The molecule has 0 spiro atoms. The van der Waals surface area contributed by atoms with E-state index in [1.165, 1.54) is 35.6 Å². The Morgan fingerprint density at radius 3 is 1.89 bits per heavy atom. The number of carbonyl (C=O) groups is 1. The third-order valence-electron chi connectivity index (χ3n) is 4.01. The first-order chi connectivity index (χ1) is 12.4. The van der Waals surface area contributed by atoms with Gasteiger partial charge in [-0.25, -0.2) is 0 Å². The predicted octanol–water partition coefficient (Wildman–Crippen LogP) is 4.16. The molecular weight excluding hydrogens is 376 g/mol. The van der Waals surface area contributed by atoms with Crippen LogP contribution in [0.25, 0.3) is 0 Å². The van der Waals surface area contributed by atoms with Gasteiger partial charge in [-0.05, 0) is 18.1 Å². The molecule has 0 saturated heterocycles. The third kappa shape index (κ3) is 4.24. The first-order valence-corrected chi connectivity index (χ1v) is 7.66. The first kappa shape index (κ1) is 20.8. The van der Waals surface area contributed by atoms with Gasteiger partial charge in [-0.15, -0.1) is 0 Å². The van der Waals surface area contributed by atoms with Gasteiger partial charge in [0.25, 0.3) is 0 Å². The SMILES string of the molecule is Cc1ccc([C@H](NC(=O)C(F)(F)F)[C@](O)(c2ccccc2)C(F)(F)F)cc1. The molecule has 2 atom stereocenters. The second-order valence-electron chi connectivity index (χ2n) is 5.95. The summed E-state index contributed by atoms with van der Waals surface area (Å²) >= 11 is 0. The molecule has 2 N–H and O–H groups in total. The fourth-order valence-corrected chi connectivity index (χ4v) is 2.59. The molecule has 0 aliphatic heterocycles. The molecule has 0 saturated carbocycles. The smallest absolute Gasteiger partial charge is 0.374 e. The van der Waals surface area contributed by atoms with Gasteiger partial charge >= 0.3 is 18.3 Å². The summed E-state index contributed by atoms with van der Waals surface area (Å²) in [5.41, 5.74) is -4.19. The lowest BCUT2D eigenvalue weighted by atomic mass is 9.81. The first-order valence-electron chi connectivity index (χ1n) is 7.66.